The Morgan fingerprint density at radius 2 is 1.96 bits per heavy atom. The fourth-order valence-corrected chi connectivity index (χ4v) is 3.20. The van der Waals surface area contributed by atoms with Gasteiger partial charge in [-0.3, -0.25) is 14.9 Å². The van der Waals surface area contributed by atoms with Crippen molar-refractivity contribution in [3.8, 4) is 0 Å². The lowest BCUT2D eigenvalue weighted by Crippen LogP contribution is -2.32. The van der Waals surface area contributed by atoms with E-state index in [4.69, 9.17) is 0 Å². The molecule has 0 radical (unpaired) electrons. The van der Waals surface area contributed by atoms with Gasteiger partial charge in [0.2, 0.25) is 0 Å². The number of H-pyrrole nitrogens is 1. The molecule has 1 saturated carbocycles. The van der Waals surface area contributed by atoms with Crippen molar-refractivity contribution < 1.29 is 9.72 Å². The molecule has 3 aromatic rings. The zero-order chi connectivity index (χ0) is 18.3. The van der Waals surface area contributed by atoms with Gasteiger partial charge in [-0.15, -0.1) is 0 Å². The molecular weight excluding hydrogens is 330 g/mol. The van der Waals surface area contributed by atoms with Crippen LogP contribution in [0.5, 0.6) is 0 Å². The number of aromatic amines is 1. The van der Waals surface area contributed by atoms with E-state index in [0.717, 1.165) is 23.9 Å². The highest BCUT2D eigenvalue weighted by atomic mass is 16.6. The highest BCUT2D eigenvalue weighted by Gasteiger charge is 2.34. The van der Waals surface area contributed by atoms with Crippen LogP contribution in [0, 0.1) is 17.0 Å². The lowest BCUT2D eigenvalue weighted by Gasteiger charge is -2.22. The van der Waals surface area contributed by atoms with Crippen LogP contribution in [0.2, 0.25) is 0 Å². The molecule has 1 aromatic heterocycles. The van der Waals surface area contributed by atoms with Gasteiger partial charge in [-0.2, -0.15) is 0 Å². The van der Waals surface area contributed by atoms with E-state index in [0.29, 0.717) is 17.5 Å². The van der Waals surface area contributed by atoms with E-state index >= 15 is 0 Å². The third-order valence-electron chi connectivity index (χ3n) is 4.83. The SMILES string of the molecule is Cc1ccc(CN(C(=O)c2c[nH]c3ccc([N+](=O)[O-])cc23)C2CC2)cc1. The number of hydrogen-bond donors (Lipinski definition) is 1. The average Bonchev–Trinajstić information content (AvgIpc) is 3.38. The van der Waals surface area contributed by atoms with E-state index in [1.165, 1.54) is 17.7 Å². The van der Waals surface area contributed by atoms with E-state index in [1.807, 2.05) is 36.1 Å². The first-order valence-electron chi connectivity index (χ1n) is 8.65. The number of hydrogen-bond acceptors (Lipinski definition) is 3. The van der Waals surface area contributed by atoms with Gasteiger partial charge in [0.25, 0.3) is 11.6 Å². The van der Waals surface area contributed by atoms with Crippen molar-refractivity contribution in [2.75, 3.05) is 0 Å². The quantitative estimate of drug-likeness (QED) is 0.554. The molecule has 6 nitrogen and oxygen atoms in total. The second kappa shape index (κ2) is 6.29. The predicted octanol–water partition coefficient (Wildman–Crippen LogP) is 4.19. The third-order valence-corrected chi connectivity index (χ3v) is 4.83. The third kappa shape index (κ3) is 3.06. The lowest BCUT2D eigenvalue weighted by atomic mass is 10.1. The van der Waals surface area contributed by atoms with Crippen LogP contribution in [0.4, 0.5) is 5.69 Å². The Hall–Kier alpha value is -3.15. The Bertz CT molecular complexity index is 987. The predicted molar refractivity (Wildman–Crippen MR) is 99.0 cm³/mol. The van der Waals surface area contributed by atoms with Crippen LogP contribution in [0.15, 0.2) is 48.7 Å². The summed E-state index contributed by atoms with van der Waals surface area (Å²) in [6.07, 6.45) is 3.65. The fourth-order valence-electron chi connectivity index (χ4n) is 3.20. The summed E-state index contributed by atoms with van der Waals surface area (Å²) in [5, 5.41) is 11.7. The number of aryl methyl sites for hydroxylation is 1. The van der Waals surface area contributed by atoms with Crippen LogP contribution in [0.25, 0.3) is 10.9 Å². The van der Waals surface area contributed by atoms with Gasteiger partial charge in [0.1, 0.15) is 0 Å². The zero-order valence-electron chi connectivity index (χ0n) is 14.4. The number of benzene rings is 2. The molecule has 26 heavy (non-hydrogen) atoms. The van der Waals surface area contributed by atoms with Crippen LogP contribution in [0.3, 0.4) is 0 Å². The van der Waals surface area contributed by atoms with E-state index in [2.05, 4.69) is 4.98 Å². The van der Waals surface area contributed by atoms with Gasteiger partial charge in [-0.25, -0.2) is 0 Å². The summed E-state index contributed by atoms with van der Waals surface area (Å²) in [7, 11) is 0. The molecule has 1 aliphatic carbocycles. The monoisotopic (exact) mass is 349 g/mol. The summed E-state index contributed by atoms with van der Waals surface area (Å²) in [5.41, 5.74) is 3.47. The topological polar surface area (TPSA) is 79.2 Å². The molecule has 1 amide bonds. The van der Waals surface area contributed by atoms with Crippen LogP contribution in [-0.2, 0) is 6.54 Å². The summed E-state index contributed by atoms with van der Waals surface area (Å²) in [6, 6.07) is 13.0. The summed E-state index contributed by atoms with van der Waals surface area (Å²) in [5.74, 6) is -0.0835. The van der Waals surface area contributed by atoms with Gasteiger partial charge in [0.05, 0.1) is 10.5 Å². The molecule has 0 unspecified atom stereocenters. The van der Waals surface area contributed by atoms with Crippen LogP contribution in [-0.4, -0.2) is 26.8 Å². The minimum Gasteiger partial charge on any atom is -0.360 e. The smallest absolute Gasteiger partial charge is 0.270 e. The van der Waals surface area contributed by atoms with E-state index < -0.39 is 4.92 Å². The van der Waals surface area contributed by atoms with Gasteiger partial charge < -0.3 is 9.88 Å². The van der Waals surface area contributed by atoms with E-state index in [-0.39, 0.29) is 17.6 Å². The Kier molecular flexibility index (Phi) is 3.95. The molecule has 132 valence electrons. The maximum absolute atomic E-state index is 13.2. The molecule has 4 rings (SSSR count). The fraction of sp³-hybridized carbons (Fsp3) is 0.250. The number of nitro groups is 1. The second-order valence-electron chi connectivity index (χ2n) is 6.84. The molecule has 0 atom stereocenters. The minimum atomic E-state index is -0.439. The molecule has 1 aliphatic rings. The summed E-state index contributed by atoms with van der Waals surface area (Å²) >= 11 is 0. The number of fused-ring (bicyclic) bond motifs is 1. The number of rotatable bonds is 5. The molecule has 2 aromatic carbocycles. The summed E-state index contributed by atoms with van der Waals surface area (Å²) < 4.78 is 0. The number of carbonyl (C=O) groups is 1. The Balaban J connectivity index is 1.67. The first-order chi connectivity index (χ1) is 12.5. The lowest BCUT2D eigenvalue weighted by molar-refractivity contribution is -0.384. The summed E-state index contributed by atoms with van der Waals surface area (Å²) in [4.78, 5) is 28.8. The largest absolute Gasteiger partial charge is 0.360 e. The maximum Gasteiger partial charge on any atom is 0.270 e. The molecular formula is C20H19N3O3. The maximum atomic E-state index is 13.2. The minimum absolute atomic E-state index is 0.0114. The number of amides is 1. The van der Waals surface area contributed by atoms with Gasteiger partial charge in [0, 0.05) is 41.8 Å². The first kappa shape index (κ1) is 16.3. The highest BCUT2D eigenvalue weighted by molar-refractivity contribution is 6.07. The number of nitrogens with zero attached hydrogens (tertiary/aromatic N) is 2. The van der Waals surface area contributed by atoms with E-state index in [9.17, 15) is 14.9 Å². The van der Waals surface area contributed by atoms with Gasteiger partial charge >= 0.3 is 0 Å². The molecule has 6 heteroatoms. The standard InChI is InChI=1S/C20H19N3O3/c1-13-2-4-14(5-3-13)12-22(15-6-7-15)20(24)18-11-21-19-9-8-16(23(25)26)10-17(18)19/h2-5,8-11,15,21H,6-7,12H2,1H3. The summed E-state index contributed by atoms with van der Waals surface area (Å²) in [6.45, 7) is 2.58. The Morgan fingerprint density at radius 1 is 1.23 bits per heavy atom. The molecule has 0 aliphatic heterocycles. The Labute approximate surface area is 150 Å². The van der Waals surface area contributed by atoms with Crippen LogP contribution in [0.1, 0.15) is 34.3 Å². The van der Waals surface area contributed by atoms with E-state index in [1.54, 1.807) is 12.3 Å². The number of aromatic nitrogens is 1. The van der Waals surface area contributed by atoms with Crippen LogP contribution < -0.4 is 0 Å². The number of carbonyl (C=O) groups excluding carboxylic acids is 1. The zero-order valence-corrected chi connectivity index (χ0v) is 14.4. The van der Waals surface area contributed by atoms with Gasteiger partial charge in [-0.1, -0.05) is 29.8 Å². The van der Waals surface area contributed by atoms with Crippen molar-refractivity contribution in [1.82, 2.24) is 9.88 Å². The average molecular weight is 349 g/mol. The van der Waals surface area contributed by atoms with Crippen molar-refractivity contribution in [2.24, 2.45) is 0 Å². The Morgan fingerprint density at radius 3 is 2.62 bits per heavy atom. The van der Waals surface area contributed by atoms with Crippen molar-refractivity contribution >= 4 is 22.5 Å². The molecule has 0 saturated heterocycles. The number of nitro benzene ring substituents is 1. The van der Waals surface area contributed by atoms with Crippen molar-refractivity contribution in [2.45, 2.75) is 32.4 Å². The molecule has 0 bridgehead atoms. The highest BCUT2D eigenvalue weighted by Crippen LogP contribution is 2.32. The van der Waals surface area contributed by atoms with Crippen LogP contribution >= 0.6 is 0 Å². The normalized spacial score (nSPS) is 13.7. The molecule has 1 N–H and O–H groups in total. The van der Waals surface area contributed by atoms with Crippen molar-refractivity contribution in [1.29, 1.82) is 0 Å². The van der Waals surface area contributed by atoms with Gasteiger partial charge in [-0.05, 0) is 31.4 Å². The van der Waals surface area contributed by atoms with Crippen molar-refractivity contribution in [3.05, 3.63) is 75.5 Å². The molecule has 1 heterocycles. The van der Waals surface area contributed by atoms with Gasteiger partial charge in [0.15, 0.2) is 0 Å². The van der Waals surface area contributed by atoms with Crippen molar-refractivity contribution in [3.63, 3.8) is 0 Å². The second-order valence-corrected chi connectivity index (χ2v) is 6.84. The number of non-ortho nitro benzene ring substituents is 1. The number of nitrogens with one attached hydrogen (secondary N) is 1. The first-order valence-corrected chi connectivity index (χ1v) is 8.65. The molecule has 1 fully saturated rings. The molecule has 0 spiro atoms.